The third-order valence-corrected chi connectivity index (χ3v) is 5.63. The van der Waals surface area contributed by atoms with Gasteiger partial charge in [0.2, 0.25) is 0 Å². The molecule has 1 fully saturated rings. The Labute approximate surface area is 162 Å². The molecule has 1 atom stereocenters. The zero-order valence-corrected chi connectivity index (χ0v) is 15.9. The van der Waals surface area contributed by atoms with Gasteiger partial charge >= 0.3 is 6.03 Å². The number of nitrogens with one attached hydrogen (secondary N) is 1. The normalized spacial score (nSPS) is 16.3. The van der Waals surface area contributed by atoms with Crippen molar-refractivity contribution >= 4 is 23.1 Å². The van der Waals surface area contributed by atoms with E-state index in [-0.39, 0.29) is 12.1 Å². The molecule has 0 saturated carbocycles. The van der Waals surface area contributed by atoms with E-state index in [0.717, 1.165) is 47.0 Å². The molecule has 1 aliphatic rings. The highest BCUT2D eigenvalue weighted by atomic mass is 32.1. The van der Waals surface area contributed by atoms with Crippen molar-refractivity contribution in [3.63, 3.8) is 0 Å². The summed E-state index contributed by atoms with van der Waals surface area (Å²) in [5.74, 6) is 0.826. The lowest BCUT2D eigenvalue weighted by Crippen LogP contribution is -2.34. The van der Waals surface area contributed by atoms with Gasteiger partial charge < -0.3 is 15.0 Å². The Bertz CT molecular complexity index is 909. The van der Waals surface area contributed by atoms with Crippen LogP contribution in [0, 0.1) is 0 Å². The van der Waals surface area contributed by atoms with E-state index in [1.807, 2.05) is 58.8 Å². The average molecular weight is 379 g/mol. The number of nitrogens with zero attached hydrogens (tertiary/aromatic N) is 2. The molecule has 0 bridgehead atoms. The molecular formula is C21H21N3O2S. The minimum absolute atomic E-state index is 0.0652. The van der Waals surface area contributed by atoms with Crippen molar-refractivity contribution in [2.24, 2.45) is 0 Å². The van der Waals surface area contributed by atoms with Crippen LogP contribution in [0.5, 0.6) is 5.75 Å². The summed E-state index contributed by atoms with van der Waals surface area (Å²) in [7, 11) is 1.66. The van der Waals surface area contributed by atoms with Crippen LogP contribution in [0.4, 0.5) is 10.5 Å². The number of carbonyl (C=O) groups excluding carboxylic acids is 1. The summed E-state index contributed by atoms with van der Waals surface area (Å²) in [5, 5.41) is 5.94. The van der Waals surface area contributed by atoms with E-state index in [9.17, 15) is 4.79 Å². The predicted molar refractivity (Wildman–Crippen MR) is 108 cm³/mol. The maximum atomic E-state index is 12.9. The van der Waals surface area contributed by atoms with Gasteiger partial charge in [-0.05, 0) is 42.7 Å². The van der Waals surface area contributed by atoms with Gasteiger partial charge in [0.05, 0.1) is 13.2 Å². The van der Waals surface area contributed by atoms with Gasteiger partial charge in [-0.25, -0.2) is 9.78 Å². The van der Waals surface area contributed by atoms with Crippen molar-refractivity contribution in [3.05, 3.63) is 65.7 Å². The second kappa shape index (κ2) is 7.80. The molecule has 2 heterocycles. The fraction of sp³-hybridized carbons (Fsp3) is 0.238. The first-order chi connectivity index (χ1) is 13.2. The maximum absolute atomic E-state index is 12.9. The summed E-state index contributed by atoms with van der Waals surface area (Å²) in [6.45, 7) is 0.759. The van der Waals surface area contributed by atoms with Gasteiger partial charge in [-0.2, -0.15) is 0 Å². The van der Waals surface area contributed by atoms with E-state index >= 15 is 0 Å². The molecule has 138 valence electrons. The Morgan fingerprint density at radius 1 is 1.26 bits per heavy atom. The number of thiazole rings is 1. The lowest BCUT2D eigenvalue weighted by atomic mass is 10.0. The number of amides is 2. The van der Waals surface area contributed by atoms with Crippen LogP contribution in [-0.2, 0) is 0 Å². The minimum atomic E-state index is -0.0652. The SMILES string of the molecule is COc1ccc(C2CCCN2C(=O)Nc2cccc(-c3nccs3)c2)cc1. The highest BCUT2D eigenvalue weighted by Crippen LogP contribution is 2.33. The third-order valence-electron chi connectivity index (χ3n) is 4.81. The number of hydrogen-bond acceptors (Lipinski definition) is 4. The summed E-state index contributed by atoms with van der Waals surface area (Å²) >= 11 is 1.59. The Morgan fingerprint density at radius 3 is 2.85 bits per heavy atom. The van der Waals surface area contributed by atoms with E-state index in [1.54, 1.807) is 24.6 Å². The molecule has 6 heteroatoms. The molecule has 2 aromatic carbocycles. The topological polar surface area (TPSA) is 54.5 Å². The number of carbonyl (C=O) groups is 1. The van der Waals surface area contributed by atoms with Crippen molar-refractivity contribution in [1.82, 2.24) is 9.88 Å². The Kier molecular flexibility index (Phi) is 5.07. The standard InChI is InChI=1S/C21H21N3O2S/c1-26-18-9-7-15(8-10-18)19-6-3-12-24(19)21(25)23-17-5-2-4-16(14-17)20-22-11-13-27-20/h2,4-5,7-11,13-14,19H,3,6,12H2,1H3,(H,23,25). The van der Waals surface area contributed by atoms with Crippen LogP contribution in [0.1, 0.15) is 24.4 Å². The number of likely N-dealkylation sites (tertiary alicyclic amines) is 1. The number of hydrogen-bond donors (Lipinski definition) is 1. The summed E-state index contributed by atoms with van der Waals surface area (Å²) in [5.41, 5.74) is 2.93. The first-order valence-electron chi connectivity index (χ1n) is 8.96. The van der Waals surface area contributed by atoms with Crippen molar-refractivity contribution in [1.29, 1.82) is 0 Å². The van der Waals surface area contributed by atoms with Crippen molar-refractivity contribution in [3.8, 4) is 16.3 Å². The maximum Gasteiger partial charge on any atom is 0.322 e. The number of benzene rings is 2. The molecule has 27 heavy (non-hydrogen) atoms. The molecular weight excluding hydrogens is 358 g/mol. The molecule has 1 aliphatic heterocycles. The first kappa shape index (κ1) is 17.5. The number of urea groups is 1. The van der Waals surface area contributed by atoms with E-state index in [1.165, 1.54) is 0 Å². The van der Waals surface area contributed by atoms with E-state index < -0.39 is 0 Å². The fourth-order valence-electron chi connectivity index (χ4n) is 3.47. The molecule has 1 saturated heterocycles. The van der Waals surface area contributed by atoms with Gasteiger partial charge in [-0.15, -0.1) is 11.3 Å². The summed E-state index contributed by atoms with van der Waals surface area (Å²) in [4.78, 5) is 19.1. The van der Waals surface area contributed by atoms with Crippen molar-refractivity contribution in [2.75, 3.05) is 19.0 Å². The smallest absolute Gasteiger partial charge is 0.322 e. The highest BCUT2D eigenvalue weighted by Gasteiger charge is 2.30. The number of rotatable bonds is 4. The van der Waals surface area contributed by atoms with Crippen LogP contribution in [0.2, 0.25) is 0 Å². The van der Waals surface area contributed by atoms with E-state index in [2.05, 4.69) is 10.3 Å². The van der Waals surface area contributed by atoms with Crippen LogP contribution >= 0.6 is 11.3 Å². The molecule has 0 radical (unpaired) electrons. The molecule has 1 unspecified atom stereocenters. The summed E-state index contributed by atoms with van der Waals surface area (Å²) < 4.78 is 5.23. The van der Waals surface area contributed by atoms with Crippen LogP contribution in [0.25, 0.3) is 10.6 Å². The minimum Gasteiger partial charge on any atom is -0.497 e. The van der Waals surface area contributed by atoms with Gasteiger partial charge in [0, 0.05) is 29.4 Å². The molecule has 2 amide bonds. The van der Waals surface area contributed by atoms with Gasteiger partial charge in [0.15, 0.2) is 0 Å². The van der Waals surface area contributed by atoms with Crippen LogP contribution in [0.15, 0.2) is 60.1 Å². The summed E-state index contributed by atoms with van der Waals surface area (Å²) in [6.07, 6.45) is 3.76. The van der Waals surface area contributed by atoms with Crippen molar-refractivity contribution < 1.29 is 9.53 Å². The molecule has 1 aromatic heterocycles. The number of methoxy groups -OCH3 is 1. The Balaban J connectivity index is 1.49. The van der Waals surface area contributed by atoms with Crippen LogP contribution in [0.3, 0.4) is 0 Å². The quantitative estimate of drug-likeness (QED) is 0.679. The van der Waals surface area contributed by atoms with E-state index in [0.29, 0.717) is 0 Å². The number of aromatic nitrogens is 1. The summed E-state index contributed by atoms with van der Waals surface area (Å²) in [6, 6.07) is 15.8. The fourth-order valence-corrected chi connectivity index (χ4v) is 4.11. The molecule has 0 spiro atoms. The van der Waals surface area contributed by atoms with Gasteiger partial charge in [0.25, 0.3) is 0 Å². The van der Waals surface area contributed by atoms with Gasteiger partial charge in [0.1, 0.15) is 10.8 Å². The monoisotopic (exact) mass is 379 g/mol. The predicted octanol–water partition coefficient (Wildman–Crippen LogP) is 5.19. The van der Waals surface area contributed by atoms with Crippen LogP contribution in [-0.4, -0.2) is 29.6 Å². The lowest BCUT2D eigenvalue weighted by molar-refractivity contribution is 0.207. The molecule has 4 rings (SSSR count). The van der Waals surface area contributed by atoms with Crippen LogP contribution < -0.4 is 10.1 Å². The van der Waals surface area contributed by atoms with Gasteiger partial charge in [-0.1, -0.05) is 24.3 Å². The molecule has 1 N–H and O–H groups in total. The van der Waals surface area contributed by atoms with Crippen molar-refractivity contribution in [2.45, 2.75) is 18.9 Å². The average Bonchev–Trinajstić information content (AvgIpc) is 3.40. The third kappa shape index (κ3) is 3.80. The van der Waals surface area contributed by atoms with Gasteiger partial charge in [-0.3, -0.25) is 0 Å². The zero-order valence-electron chi connectivity index (χ0n) is 15.1. The molecule has 5 nitrogen and oxygen atoms in total. The zero-order chi connectivity index (χ0) is 18.6. The Morgan fingerprint density at radius 2 is 2.11 bits per heavy atom. The largest absolute Gasteiger partial charge is 0.497 e. The first-order valence-corrected chi connectivity index (χ1v) is 9.84. The van der Waals surface area contributed by atoms with E-state index in [4.69, 9.17) is 4.74 Å². The number of ether oxygens (including phenoxy) is 1. The highest BCUT2D eigenvalue weighted by molar-refractivity contribution is 7.13. The second-order valence-electron chi connectivity index (χ2n) is 6.47. The molecule has 3 aromatic rings. The second-order valence-corrected chi connectivity index (χ2v) is 7.37. The lowest BCUT2D eigenvalue weighted by Gasteiger charge is -2.25. The Hall–Kier alpha value is -2.86. The number of anilines is 1. The molecule has 0 aliphatic carbocycles.